The molecular weight excluding hydrogens is 246 g/mol. The van der Waals surface area contributed by atoms with Crippen molar-refractivity contribution in [3.05, 3.63) is 0 Å². The van der Waals surface area contributed by atoms with Crippen molar-refractivity contribution >= 4 is 11.8 Å². The second kappa shape index (κ2) is 7.45. The van der Waals surface area contributed by atoms with Crippen LogP contribution in [-0.2, 0) is 14.3 Å². The van der Waals surface area contributed by atoms with Gasteiger partial charge in [-0.2, -0.15) is 0 Å². The molecule has 1 aliphatic heterocycles. The Morgan fingerprint density at radius 2 is 1.95 bits per heavy atom. The summed E-state index contributed by atoms with van der Waals surface area (Å²) < 4.78 is 5.41. The number of hydrogen-bond donors (Lipinski definition) is 3. The monoisotopic (exact) mass is 271 g/mol. The quantitative estimate of drug-likeness (QED) is 0.624. The Hall–Kier alpha value is -1.14. The van der Waals surface area contributed by atoms with Gasteiger partial charge >= 0.3 is 0 Å². The van der Waals surface area contributed by atoms with Crippen molar-refractivity contribution in [2.75, 3.05) is 26.7 Å². The number of methoxy groups -OCH3 is 1. The zero-order chi connectivity index (χ0) is 14.3. The highest BCUT2D eigenvalue weighted by Gasteiger charge is 2.39. The van der Waals surface area contributed by atoms with Gasteiger partial charge in [0.05, 0.1) is 0 Å². The third-order valence-corrected chi connectivity index (χ3v) is 3.30. The first-order chi connectivity index (χ1) is 9.00. The number of nitrogens with one attached hydrogen (secondary N) is 3. The van der Waals surface area contributed by atoms with E-state index >= 15 is 0 Å². The summed E-state index contributed by atoms with van der Waals surface area (Å²) >= 11 is 0. The fourth-order valence-corrected chi connectivity index (χ4v) is 2.20. The van der Waals surface area contributed by atoms with Crippen LogP contribution in [0.1, 0.15) is 33.1 Å². The first-order valence-electron chi connectivity index (χ1n) is 6.84. The SMILES string of the molecule is COC1(C(=O)NCCC(=O)NC(C)C)CCNCC1. The normalized spacial score (nSPS) is 18.1. The minimum Gasteiger partial charge on any atom is -0.368 e. The minimum absolute atomic E-state index is 0.0490. The fourth-order valence-electron chi connectivity index (χ4n) is 2.20. The molecule has 3 N–H and O–H groups in total. The van der Waals surface area contributed by atoms with Gasteiger partial charge in [-0.15, -0.1) is 0 Å². The molecule has 0 bridgehead atoms. The van der Waals surface area contributed by atoms with E-state index < -0.39 is 5.60 Å². The van der Waals surface area contributed by atoms with Crippen LogP contribution in [0.3, 0.4) is 0 Å². The van der Waals surface area contributed by atoms with Crippen LogP contribution < -0.4 is 16.0 Å². The van der Waals surface area contributed by atoms with Gasteiger partial charge in [0, 0.05) is 26.1 Å². The van der Waals surface area contributed by atoms with Crippen LogP contribution in [0.4, 0.5) is 0 Å². The molecule has 0 spiro atoms. The molecule has 19 heavy (non-hydrogen) atoms. The number of hydrogen-bond acceptors (Lipinski definition) is 4. The maximum Gasteiger partial charge on any atom is 0.252 e. The Bertz CT molecular complexity index is 312. The second-order valence-electron chi connectivity index (χ2n) is 5.18. The first kappa shape index (κ1) is 15.9. The molecule has 0 unspecified atom stereocenters. The van der Waals surface area contributed by atoms with E-state index in [1.165, 1.54) is 0 Å². The smallest absolute Gasteiger partial charge is 0.252 e. The predicted molar refractivity (Wildman–Crippen MR) is 72.7 cm³/mol. The van der Waals surface area contributed by atoms with Gasteiger partial charge < -0.3 is 20.7 Å². The Morgan fingerprint density at radius 3 is 2.47 bits per heavy atom. The van der Waals surface area contributed by atoms with E-state index in [1.54, 1.807) is 7.11 Å². The Labute approximate surface area is 114 Å². The predicted octanol–water partition coefficient (Wildman–Crippen LogP) is -0.214. The summed E-state index contributed by atoms with van der Waals surface area (Å²) in [7, 11) is 1.57. The first-order valence-corrected chi connectivity index (χ1v) is 6.84. The molecule has 2 amide bonds. The molecule has 0 saturated carbocycles. The lowest BCUT2D eigenvalue weighted by molar-refractivity contribution is -0.146. The van der Waals surface area contributed by atoms with E-state index in [9.17, 15) is 9.59 Å². The molecule has 6 heteroatoms. The second-order valence-corrected chi connectivity index (χ2v) is 5.18. The zero-order valence-corrected chi connectivity index (χ0v) is 12.0. The largest absolute Gasteiger partial charge is 0.368 e. The third kappa shape index (κ3) is 4.80. The molecule has 0 aromatic heterocycles. The molecule has 6 nitrogen and oxygen atoms in total. The molecular formula is C13H25N3O3. The summed E-state index contributed by atoms with van der Waals surface area (Å²) in [4.78, 5) is 23.6. The van der Waals surface area contributed by atoms with Gasteiger partial charge in [0.25, 0.3) is 5.91 Å². The van der Waals surface area contributed by atoms with Gasteiger partial charge in [0.1, 0.15) is 5.60 Å². The molecule has 0 atom stereocenters. The minimum atomic E-state index is -0.736. The lowest BCUT2D eigenvalue weighted by Crippen LogP contribution is -2.54. The summed E-state index contributed by atoms with van der Waals surface area (Å²) in [5.41, 5.74) is -0.736. The number of ether oxygens (including phenoxy) is 1. The van der Waals surface area contributed by atoms with Crippen molar-refractivity contribution in [2.45, 2.75) is 44.8 Å². The molecule has 1 aliphatic rings. The van der Waals surface area contributed by atoms with E-state index in [0.717, 1.165) is 13.1 Å². The molecule has 0 aromatic carbocycles. The van der Waals surface area contributed by atoms with Crippen LogP contribution in [0.5, 0.6) is 0 Å². The van der Waals surface area contributed by atoms with Crippen LogP contribution in [0.25, 0.3) is 0 Å². The van der Waals surface area contributed by atoms with Crippen molar-refractivity contribution in [2.24, 2.45) is 0 Å². The Balaban J connectivity index is 2.35. The number of amides is 2. The highest BCUT2D eigenvalue weighted by molar-refractivity contribution is 5.86. The summed E-state index contributed by atoms with van der Waals surface area (Å²) in [6, 6.07) is 0.123. The van der Waals surface area contributed by atoms with E-state index in [0.29, 0.717) is 25.8 Å². The van der Waals surface area contributed by atoms with Gasteiger partial charge in [0.15, 0.2) is 0 Å². The maximum atomic E-state index is 12.2. The number of piperidine rings is 1. The summed E-state index contributed by atoms with van der Waals surface area (Å²) in [5, 5.41) is 8.78. The highest BCUT2D eigenvalue weighted by Crippen LogP contribution is 2.22. The lowest BCUT2D eigenvalue weighted by atomic mass is 9.91. The summed E-state index contributed by atoms with van der Waals surface area (Å²) in [6.45, 7) is 5.71. The third-order valence-electron chi connectivity index (χ3n) is 3.30. The van der Waals surface area contributed by atoms with Crippen molar-refractivity contribution < 1.29 is 14.3 Å². The van der Waals surface area contributed by atoms with Crippen LogP contribution >= 0.6 is 0 Å². The Morgan fingerprint density at radius 1 is 1.32 bits per heavy atom. The zero-order valence-electron chi connectivity index (χ0n) is 12.0. The van der Waals surface area contributed by atoms with Crippen molar-refractivity contribution in [1.29, 1.82) is 0 Å². The standard InChI is InChI=1S/C13H25N3O3/c1-10(2)16-11(17)4-7-15-12(18)13(19-3)5-8-14-9-6-13/h10,14H,4-9H2,1-3H3,(H,15,18)(H,16,17). The average molecular weight is 271 g/mol. The molecule has 0 radical (unpaired) electrons. The lowest BCUT2D eigenvalue weighted by Gasteiger charge is -2.34. The molecule has 1 fully saturated rings. The van der Waals surface area contributed by atoms with Gasteiger partial charge in [-0.05, 0) is 39.8 Å². The van der Waals surface area contributed by atoms with Crippen molar-refractivity contribution in [3.8, 4) is 0 Å². The van der Waals surface area contributed by atoms with E-state index in [1.807, 2.05) is 13.8 Å². The van der Waals surface area contributed by atoms with Gasteiger partial charge in [-0.25, -0.2) is 0 Å². The number of carbonyl (C=O) groups is 2. The highest BCUT2D eigenvalue weighted by atomic mass is 16.5. The van der Waals surface area contributed by atoms with Crippen LogP contribution in [-0.4, -0.2) is 50.2 Å². The van der Waals surface area contributed by atoms with Crippen LogP contribution in [0.15, 0.2) is 0 Å². The fraction of sp³-hybridized carbons (Fsp3) is 0.846. The molecule has 1 heterocycles. The van der Waals surface area contributed by atoms with Crippen LogP contribution in [0.2, 0.25) is 0 Å². The number of carbonyl (C=O) groups excluding carboxylic acids is 2. The Kier molecular flexibility index (Phi) is 6.24. The number of rotatable bonds is 6. The summed E-state index contributed by atoms with van der Waals surface area (Å²) in [6.07, 6.45) is 1.61. The van der Waals surface area contributed by atoms with Gasteiger partial charge in [-0.1, -0.05) is 0 Å². The van der Waals surface area contributed by atoms with Crippen LogP contribution in [0, 0.1) is 0 Å². The van der Waals surface area contributed by atoms with E-state index in [4.69, 9.17) is 4.74 Å². The van der Waals surface area contributed by atoms with E-state index in [-0.39, 0.29) is 17.9 Å². The molecule has 110 valence electrons. The van der Waals surface area contributed by atoms with Gasteiger partial charge in [-0.3, -0.25) is 9.59 Å². The molecule has 0 aromatic rings. The molecule has 0 aliphatic carbocycles. The van der Waals surface area contributed by atoms with Crippen molar-refractivity contribution in [1.82, 2.24) is 16.0 Å². The van der Waals surface area contributed by atoms with E-state index in [2.05, 4.69) is 16.0 Å². The molecule has 1 rings (SSSR count). The maximum absolute atomic E-state index is 12.2. The van der Waals surface area contributed by atoms with Crippen molar-refractivity contribution in [3.63, 3.8) is 0 Å². The molecule has 1 saturated heterocycles. The van der Waals surface area contributed by atoms with Gasteiger partial charge in [0.2, 0.25) is 5.91 Å². The average Bonchev–Trinajstić information content (AvgIpc) is 2.38. The summed E-state index contributed by atoms with van der Waals surface area (Å²) in [5.74, 6) is -0.166. The topological polar surface area (TPSA) is 79.5 Å².